The van der Waals surface area contributed by atoms with Gasteiger partial charge in [0.1, 0.15) is 0 Å². The van der Waals surface area contributed by atoms with E-state index in [9.17, 15) is 0 Å². The van der Waals surface area contributed by atoms with Crippen LogP contribution in [0.1, 0.15) is 6.42 Å². The first-order valence-electron chi connectivity index (χ1n) is 1.75. The summed E-state index contributed by atoms with van der Waals surface area (Å²) in [4.78, 5) is 0. The Bertz CT molecular complexity index is 36.5. The molecule has 35 valence electrons. The molecule has 0 bridgehead atoms. The Hall–Kier alpha value is 0.0500. The van der Waals surface area contributed by atoms with E-state index in [2.05, 4.69) is 22.3 Å². The van der Waals surface area contributed by atoms with E-state index in [1.54, 1.807) is 7.11 Å². The van der Waals surface area contributed by atoms with Gasteiger partial charge in [0.05, 0.1) is 6.61 Å². The molecule has 2 heteroatoms. The first kappa shape index (κ1) is 6.05. The number of ether oxygens (including phenoxy) is 1. The molecular formula is C4H7OS. The smallest absolute Gasteiger partial charge is 0.0511 e. The monoisotopic (exact) mass is 103 g/mol. The predicted molar refractivity (Wildman–Crippen MR) is 29.1 cm³/mol. The number of hydrogen-bond donors (Lipinski definition) is 0. The van der Waals surface area contributed by atoms with Crippen LogP contribution in [0.25, 0.3) is 0 Å². The Morgan fingerprint density at radius 2 is 2.50 bits per heavy atom. The molecule has 0 heterocycles. The highest BCUT2D eigenvalue weighted by molar-refractivity contribution is 7.78. The second kappa shape index (κ2) is 5.05. The fourth-order valence-electron chi connectivity index (χ4n) is 0.144. The van der Waals surface area contributed by atoms with Gasteiger partial charge in [0.15, 0.2) is 0 Å². The standard InChI is InChI=1S/C4H7OS/c1-5-3-2-4-6/h2-3H2,1H3. The predicted octanol–water partition coefficient (Wildman–Crippen LogP) is 0.900. The molecular weight excluding hydrogens is 96.1 g/mol. The summed E-state index contributed by atoms with van der Waals surface area (Å²) in [7, 11) is 1.65. The van der Waals surface area contributed by atoms with Gasteiger partial charge in [0.25, 0.3) is 0 Å². The average Bonchev–Trinajstić information content (AvgIpc) is 1.61. The summed E-state index contributed by atoms with van der Waals surface area (Å²) in [5, 5.41) is 2.53. The summed E-state index contributed by atoms with van der Waals surface area (Å²) in [5.41, 5.74) is 0. The molecule has 0 aliphatic rings. The van der Waals surface area contributed by atoms with E-state index >= 15 is 0 Å². The first-order valence-corrected chi connectivity index (χ1v) is 2.16. The lowest BCUT2D eigenvalue weighted by molar-refractivity contribution is 0.208. The van der Waals surface area contributed by atoms with Crippen LogP contribution in [-0.2, 0) is 4.74 Å². The quantitative estimate of drug-likeness (QED) is 0.387. The van der Waals surface area contributed by atoms with Crippen LogP contribution in [0.2, 0.25) is 0 Å². The highest BCUT2D eigenvalue weighted by atomic mass is 32.1. The van der Waals surface area contributed by atoms with Crippen molar-refractivity contribution in [3.8, 4) is 0 Å². The van der Waals surface area contributed by atoms with E-state index in [-0.39, 0.29) is 0 Å². The second-order valence-electron chi connectivity index (χ2n) is 0.887. The lowest BCUT2D eigenvalue weighted by atomic mass is 10.5. The molecule has 0 saturated heterocycles. The molecule has 0 aliphatic heterocycles. The van der Waals surface area contributed by atoms with Gasteiger partial charge in [-0.2, -0.15) is 0 Å². The number of rotatable bonds is 3. The van der Waals surface area contributed by atoms with E-state index in [1.165, 1.54) is 0 Å². The molecule has 0 aromatic rings. The van der Waals surface area contributed by atoms with Gasteiger partial charge in [-0.1, -0.05) is 12.2 Å². The SMILES string of the molecule is COCC[C]=S. The summed E-state index contributed by atoms with van der Waals surface area (Å²) >= 11 is 4.39. The van der Waals surface area contributed by atoms with Crippen LogP contribution in [-0.4, -0.2) is 19.1 Å². The zero-order chi connectivity index (χ0) is 4.83. The zero-order valence-corrected chi connectivity index (χ0v) is 4.55. The van der Waals surface area contributed by atoms with Crippen molar-refractivity contribution in [3.05, 3.63) is 0 Å². The minimum Gasteiger partial charge on any atom is -0.384 e. The van der Waals surface area contributed by atoms with Crippen molar-refractivity contribution in [2.45, 2.75) is 6.42 Å². The van der Waals surface area contributed by atoms with Gasteiger partial charge >= 0.3 is 0 Å². The van der Waals surface area contributed by atoms with Gasteiger partial charge in [-0.25, -0.2) is 0 Å². The van der Waals surface area contributed by atoms with Crippen LogP contribution in [0, 0.1) is 0 Å². The van der Waals surface area contributed by atoms with Crippen LogP contribution in [0.4, 0.5) is 0 Å². The maximum Gasteiger partial charge on any atom is 0.0511 e. The maximum absolute atomic E-state index is 4.65. The summed E-state index contributed by atoms with van der Waals surface area (Å²) in [6, 6.07) is 0. The molecule has 0 rings (SSSR count). The number of thiocarbonyl (C=S) groups is 1. The molecule has 0 atom stereocenters. The third kappa shape index (κ3) is 4.05. The van der Waals surface area contributed by atoms with Crippen LogP contribution in [0.5, 0.6) is 0 Å². The van der Waals surface area contributed by atoms with Gasteiger partial charge in [-0.15, -0.1) is 0 Å². The molecule has 0 amide bonds. The van der Waals surface area contributed by atoms with E-state index < -0.39 is 0 Å². The van der Waals surface area contributed by atoms with Gasteiger partial charge in [-0.05, 0) is 0 Å². The molecule has 0 fully saturated rings. The van der Waals surface area contributed by atoms with Crippen LogP contribution in [0.3, 0.4) is 0 Å². The topological polar surface area (TPSA) is 9.23 Å². The molecule has 6 heavy (non-hydrogen) atoms. The zero-order valence-electron chi connectivity index (χ0n) is 3.73. The molecule has 0 N–H and O–H groups in total. The molecule has 1 radical (unpaired) electrons. The lowest BCUT2D eigenvalue weighted by Crippen LogP contribution is -1.85. The van der Waals surface area contributed by atoms with Crippen molar-refractivity contribution in [1.82, 2.24) is 0 Å². The Morgan fingerprint density at radius 3 is 2.67 bits per heavy atom. The highest BCUT2D eigenvalue weighted by Crippen LogP contribution is 1.71. The molecule has 0 aromatic carbocycles. The minimum absolute atomic E-state index is 0.698. The number of hydrogen-bond acceptors (Lipinski definition) is 2. The molecule has 0 aromatic heterocycles. The van der Waals surface area contributed by atoms with Crippen molar-refractivity contribution in [2.75, 3.05) is 13.7 Å². The van der Waals surface area contributed by atoms with Crippen molar-refractivity contribution >= 4 is 17.6 Å². The van der Waals surface area contributed by atoms with Crippen molar-refractivity contribution in [3.63, 3.8) is 0 Å². The van der Waals surface area contributed by atoms with Crippen molar-refractivity contribution in [1.29, 1.82) is 0 Å². The average molecular weight is 103 g/mol. The second-order valence-corrected chi connectivity index (χ2v) is 1.18. The molecule has 0 saturated carbocycles. The van der Waals surface area contributed by atoms with Crippen molar-refractivity contribution in [2.24, 2.45) is 0 Å². The van der Waals surface area contributed by atoms with Crippen molar-refractivity contribution < 1.29 is 4.74 Å². The lowest BCUT2D eigenvalue weighted by Gasteiger charge is -1.84. The van der Waals surface area contributed by atoms with E-state index in [1.807, 2.05) is 0 Å². The Morgan fingerprint density at radius 1 is 1.83 bits per heavy atom. The Kier molecular flexibility index (Phi) is 5.09. The fourth-order valence-corrected chi connectivity index (χ4v) is 0.227. The Balaban J connectivity index is 2.49. The molecule has 0 aliphatic carbocycles. The van der Waals surface area contributed by atoms with Gasteiger partial charge in [0.2, 0.25) is 0 Å². The minimum atomic E-state index is 0.698. The number of methoxy groups -OCH3 is 1. The van der Waals surface area contributed by atoms with Gasteiger partial charge in [0, 0.05) is 18.9 Å². The Labute approximate surface area is 43.3 Å². The van der Waals surface area contributed by atoms with E-state index in [0.717, 1.165) is 6.42 Å². The molecule has 0 spiro atoms. The summed E-state index contributed by atoms with van der Waals surface area (Å²) in [6.45, 7) is 0.698. The summed E-state index contributed by atoms with van der Waals surface area (Å²) in [5.74, 6) is 0. The maximum atomic E-state index is 4.65. The highest BCUT2D eigenvalue weighted by Gasteiger charge is 1.72. The van der Waals surface area contributed by atoms with Gasteiger partial charge in [-0.3, -0.25) is 0 Å². The molecule has 1 nitrogen and oxygen atoms in total. The van der Waals surface area contributed by atoms with Crippen LogP contribution >= 0.6 is 12.2 Å². The van der Waals surface area contributed by atoms with Crippen LogP contribution < -0.4 is 0 Å². The summed E-state index contributed by atoms with van der Waals surface area (Å²) in [6.07, 6.45) is 0.756. The van der Waals surface area contributed by atoms with Gasteiger partial charge < -0.3 is 4.74 Å². The van der Waals surface area contributed by atoms with E-state index in [4.69, 9.17) is 0 Å². The third-order valence-electron chi connectivity index (χ3n) is 0.408. The summed E-state index contributed by atoms with van der Waals surface area (Å²) < 4.78 is 4.65. The third-order valence-corrected chi connectivity index (χ3v) is 0.612. The molecule has 0 unspecified atom stereocenters. The van der Waals surface area contributed by atoms with E-state index in [0.29, 0.717) is 6.61 Å². The fraction of sp³-hybridized carbons (Fsp3) is 0.750. The van der Waals surface area contributed by atoms with Crippen LogP contribution in [0.15, 0.2) is 0 Å². The largest absolute Gasteiger partial charge is 0.384 e. The normalized spacial score (nSPS) is 8.17. The first-order chi connectivity index (χ1) is 2.91.